The zero-order chi connectivity index (χ0) is 15.4. The third-order valence-electron chi connectivity index (χ3n) is 3.75. The van der Waals surface area contributed by atoms with Crippen LogP contribution in [-0.2, 0) is 6.54 Å². The second-order valence-corrected chi connectivity index (χ2v) is 5.42. The Morgan fingerprint density at radius 2 is 2.14 bits per heavy atom. The van der Waals surface area contributed by atoms with E-state index in [1.54, 1.807) is 0 Å². The van der Waals surface area contributed by atoms with Crippen LogP contribution in [0, 0.1) is 0 Å². The summed E-state index contributed by atoms with van der Waals surface area (Å²) in [6.07, 6.45) is 0.728. The Kier molecular flexibility index (Phi) is 5.20. The first-order valence-corrected chi connectivity index (χ1v) is 7.48. The molecule has 2 aromatic rings. The largest absolute Gasteiger partial charge is 0.494 e. The predicted molar refractivity (Wildman–Crippen MR) is 84.7 cm³/mol. The van der Waals surface area contributed by atoms with Gasteiger partial charge in [-0.15, -0.1) is 0 Å². The molecule has 5 heteroatoms. The lowest BCUT2D eigenvalue weighted by Gasteiger charge is -2.20. The van der Waals surface area contributed by atoms with E-state index in [9.17, 15) is 0 Å². The van der Waals surface area contributed by atoms with Crippen molar-refractivity contribution in [3.63, 3.8) is 0 Å². The second kappa shape index (κ2) is 6.91. The van der Waals surface area contributed by atoms with Gasteiger partial charge in [0.2, 0.25) is 0 Å². The molecule has 0 radical (unpaired) electrons. The van der Waals surface area contributed by atoms with Crippen molar-refractivity contribution in [3.05, 3.63) is 24.0 Å². The van der Waals surface area contributed by atoms with Gasteiger partial charge in [0.05, 0.1) is 23.7 Å². The number of aliphatic hydroxyl groups is 1. The first kappa shape index (κ1) is 15.8. The normalized spacial score (nSPS) is 13.0. The van der Waals surface area contributed by atoms with Crippen molar-refractivity contribution in [1.29, 1.82) is 0 Å². The molecule has 0 aliphatic rings. The molecule has 0 saturated carbocycles. The number of aromatic nitrogens is 2. The molecule has 1 atom stereocenters. The van der Waals surface area contributed by atoms with Gasteiger partial charge in [-0.25, -0.2) is 4.98 Å². The van der Waals surface area contributed by atoms with Crippen molar-refractivity contribution in [2.24, 2.45) is 0 Å². The van der Waals surface area contributed by atoms with E-state index in [4.69, 9.17) is 14.8 Å². The van der Waals surface area contributed by atoms with Crippen LogP contribution in [0.1, 0.15) is 32.1 Å². The Morgan fingerprint density at radius 1 is 1.38 bits per heavy atom. The topological polar surface area (TPSA) is 50.5 Å². The maximum Gasteiger partial charge on any atom is 0.126 e. The van der Waals surface area contributed by atoms with Crippen LogP contribution >= 0.6 is 0 Å². The minimum Gasteiger partial charge on any atom is -0.494 e. The molecule has 116 valence electrons. The monoisotopic (exact) mass is 291 g/mol. The summed E-state index contributed by atoms with van der Waals surface area (Å²) >= 11 is 0. The van der Waals surface area contributed by atoms with Gasteiger partial charge in [-0.3, -0.25) is 4.90 Å². The molecule has 1 heterocycles. The first-order chi connectivity index (χ1) is 10.1. The third kappa shape index (κ3) is 3.36. The van der Waals surface area contributed by atoms with Gasteiger partial charge in [0.15, 0.2) is 0 Å². The Hall–Kier alpha value is -1.59. The zero-order valence-corrected chi connectivity index (χ0v) is 13.3. The molecular formula is C16H25N3O2. The predicted octanol–water partition coefficient (Wildman–Crippen LogP) is 2.44. The van der Waals surface area contributed by atoms with Crippen LogP contribution < -0.4 is 4.74 Å². The van der Waals surface area contributed by atoms with Crippen LogP contribution in [0.15, 0.2) is 18.2 Å². The van der Waals surface area contributed by atoms with Gasteiger partial charge in [0, 0.05) is 19.2 Å². The van der Waals surface area contributed by atoms with E-state index < -0.39 is 0 Å². The zero-order valence-electron chi connectivity index (χ0n) is 13.3. The number of hydrogen-bond donors (Lipinski definition) is 1. The Balaban J connectivity index is 2.49. The molecule has 2 rings (SSSR count). The Bertz CT molecular complexity index is 592. The highest BCUT2D eigenvalue weighted by molar-refractivity contribution is 5.78. The SMILES string of the molecule is CCOc1ccc2c(c1)nc(C(C)N(C)C)n2CCCO. The third-order valence-corrected chi connectivity index (χ3v) is 3.75. The fourth-order valence-corrected chi connectivity index (χ4v) is 2.40. The number of fused-ring (bicyclic) bond motifs is 1. The molecule has 0 aliphatic heterocycles. The van der Waals surface area contributed by atoms with E-state index in [-0.39, 0.29) is 12.6 Å². The molecule has 0 amide bonds. The molecule has 1 unspecified atom stereocenters. The maximum absolute atomic E-state index is 9.13. The lowest BCUT2D eigenvalue weighted by atomic mass is 10.2. The number of rotatable bonds is 7. The quantitative estimate of drug-likeness (QED) is 0.851. The smallest absolute Gasteiger partial charge is 0.126 e. The number of nitrogens with zero attached hydrogens (tertiary/aromatic N) is 3. The van der Waals surface area contributed by atoms with Crippen LogP contribution in [0.2, 0.25) is 0 Å². The molecule has 5 nitrogen and oxygen atoms in total. The van der Waals surface area contributed by atoms with Crippen molar-refractivity contribution >= 4 is 11.0 Å². The summed E-state index contributed by atoms with van der Waals surface area (Å²) in [6.45, 7) is 5.72. The van der Waals surface area contributed by atoms with Crippen LogP contribution in [-0.4, -0.2) is 46.9 Å². The standard InChI is InChI=1S/C16H25N3O2/c1-5-21-13-7-8-15-14(11-13)17-16(12(2)18(3)4)19(15)9-6-10-20/h7-8,11-12,20H,5-6,9-10H2,1-4H3. The molecule has 0 bridgehead atoms. The summed E-state index contributed by atoms with van der Waals surface area (Å²) in [5.41, 5.74) is 2.04. The van der Waals surface area contributed by atoms with Crippen LogP contribution in [0.4, 0.5) is 0 Å². The number of hydrogen-bond acceptors (Lipinski definition) is 4. The minimum absolute atomic E-state index is 0.187. The number of ether oxygens (including phenoxy) is 1. The Morgan fingerprint density at radius 3 is 2.76 bits per heavy atom. The second-order valence-electron chi connectivity index (χ2n) is 5.42. The average Bonchev–Trinajstić information content (AvgIpc) is 2.82. The molecule has 0 fully saturated rings. The van der Waals surface area contributed by atoms with E-state index >= 15 is 0 Å². The van der Waals surface area contributed by atoms with E-state index in [0.29, 0.717) is 6.61 Å². The summed E-state index contributed by atoms with van der Waals surface area (Å²) in [6, 6.07) is 6.23. The lowest BCUT2D eigenvalue weighted by molar-refractivity contribution is 0.272. The van der Waals surface area contributed by atoms with Gasteiger partial charge >= 0.3 is 0 Å². The van der Waals surface area contributed by atoms with Gasteiger partial charge in [-0.1, -0.05) is 0 Å². The van der Waals surface area contributed by atoms with Crippen molar-refractivity contribution in [2.75, 3.05) is 27.3 Å². The van der Waals surface area contributed by atoms with Crippen molar-refractivity contribution in [3.8, 4) is 5.75 Å². The summed E-state index contributed by atoms with van der Waals surface area (Å²) < 4.78 is 7.75. The average molecular weight is 291 g/mol. The van der Waals surface area contributed by atoms with Gasteiger partial charge in [0.25, 0.3) is 0 Å². The summed E-state index contributed by atoms with van der Waals surface area (Å²) in [7, 11) is 4.10. The molecule has 0 aliphatic carbocycles. The van der Waals surface area contributed by atoms with Gasteiger partial charge < -0.3 is 14.4 Å². The highest BCUT2D eigenvalue weighted by Crippen LogP contribution is 2.26. The molecule has 21 heavy (non-hydrogen) atoms. The fraction of sp³-hybridized carbons (Fsp3) is 0.562. The van der Waals surface area contributed by atoms with Gasteiger partial charge in [0.1, 0.15) is 11.6 Å². The number of imidazole rings is 1. The molecule has 1 aromatic heterocycles. The molecule has 1 N–H and O–H groups in total. The number of benzene rings is 1. The van der Waals surface area contributed by atoms with E-state index in [1.807, 2.05) is 33.2 Å². The van der Waals surface area contributed by atoms with Gasteiger partial charge in [-0.2, -0.15) is 0 Å². The maximum atomic E-state index is 9.13. The van der Waals surface area contributed by atoms with Crippen LogP contribution in [0.5, 0.6) is 5.75 Å². The fourth-order valence-electron chi connectivity index (χ4n) is 2.40. The summed E-state index contributed by atoms with van der Waals surface area (Å²) in [5, 5.41) is 9.13. The minimum atomic E-state index is 0.187. The molecule has 1 aromatic carbocycles. The van der Waals surface area contributed by atoms with Crippen molar-refractivity contribution in [2.45, 2.75) is 32.9 Å². The molecule has 0 saturated heterocycles. The van der Waals surface area contributed by atoms with Crippen molar-refractivity contribution in [1.82, 2.24) is 14.5 Å². The highest BCUT2D eigenvalue weighted by atomic mass is 16.5. The van der Waals surface area contributed by atoms with Crippen LogP contribution in [0.25, 0.3) is 11.0 Å². The van der Waals surface area contributed by atoms with Gasteiger partial charge in [-0.05, 0) is 46.5 Å². The number of aryl methyl sites for hydroxylation is 1. The highest BCUT2D eigenvalue weighted by Gasteiger charge is 2.18. The van der Waals surface area contributed by atoms with Crippen LogP contribution in [0.3, 0.4) is 0 Å². The molecular weight excluding hydrogens is 266 g/mol. The van der Waals surface area contributed by atoms with E-state index in [0.717, 1.165) is 35.6 Å². The first-order valence-electron chi connectivity index (χ1n) is 7.48. The van der Waals surface area contributed by atoms with E-state index in [2.05, 4.69) is 22.5 Å². The summed E-state index contributed by atoms with van der Waals surface area (Å²) in [4.78, 5) is 6.93. The van der Waals surface area contributed by atoms with Crippen molar-refractivity contribution < 1.29 is 9.84 Å². The molecule has 0 spiro atoms. The van der Waals surface area contributed by atoms with E-state index in [1.165, 1.54) is 0 Å². The lowest BCUT2D eigenvalue weighted by Crippen LogP contribution is -2.21. The Labute approximate surface area is 126 Å². The number of aliphatic hydroxyl groups excluding tert-OH is 1. The summed E-state index contributed by atoms with van der Waals surface area (Å²) in [5.74, 6) is 1.87.